The molecule has 0 aromatic heterocycles. The minimum atomic E-state index is 0.274. The average Bonchev–Trinajstić information content (AvgIpc) is 2.90. The third-order valence-electron chi connectivity index (χ3n) is 5.29. The summed E-state index contributed by atoms with van der Waals surface area (Å²) in [6.07, 6.45) is 8.28. The number of hydrogen-bond acceptors (Lipinski definition) is 2. The minimum absolute atomic E-state index is 0.274. The van der Waals surface area contributed by atoms with Crippen LogP contribution in [0.15, 0.2) is 24.3 Å². The van der Waals surface area contributed by atoms with Crippen LogP contribution in [0, 0.1) is 12.3 Å². The molecule has 1 aliphatic carbocycles. The van der Waals surface area contributed by atoms with E-state index >= 15 is 0 Å². The molecular formula is C18H25NO. The average molecular weight is 271 g/mol. The highest BCUT2D eigenvalue weighted by Crippen LogP contribution is 2.46. The van der Waals surface area contributed by atoms with Crippen molar-refractivity contribution in [1.29, 1.82) is 0 Å². The number of rotatable bonds is 3. The molecule has 0 atom stereocenters. The summed E-state index contributed by atoms with van der Waals surface area (Å²) in [7, 11) is 0. The van der Waals surface area contributed by atoms with Gasteiger partial charge in [-0.1, -0.05) is 36.6 Å². The summed E-state index contributed by atoms with van der Waals surface area (Å²) in [5, 5.41) is 0. The van der Waals surface area contributed by atoms with Gasteiger partial charge in [-0.25, -0.2) is 0 Å². The lowest BCUT2D eigenvalue weighted by Crippen LogP contribution is -2.41. The van der Waals surface area contributed by atoms with Crippen molar-refractivity contribution in [1.82, 2.24) is 4.90 Å². The summed E-state index contributed by atoms with van der Waals surface area (Å²) in [4.78, 5) is 14.7. The normalized spacial score (nSPS) is 22.2. The lowest BCUT2D eigenvalue weighted by atomic mass is 9.77. The number of carbonyl (C=O) groups is 1. The lowest BCUT2D eigenvalue weighted by molar-refractivity contribution is 0.0797. The molecule has 2 fully saturated rings. The molecule has 2 nitrogen and oxygen atoms in total. The number of aryl methyl sites for hydroxylation is 1. The summed E-state index contributed by atoms with van der Waals surface area (Å²) in [6, 6.07) is 7.97. The Morgan fingerprint density at radius 2 is 1.85 bits per heavy atom. The van der Waals surface area contributed by atoms with Crippen molar-refractivity contribution in [3.05, 3.63) is 35.4 Å². The van der Waals surface area contributed by atoms with Gasteiger partial charge in [-0.3, -0.25) is 9.69 Å². The van der Waals surface area contributed by atoms with Crippen LogP contribution in [0.2, 0.25) is 0 Å². The molecule has 2 heteroatoms. The van der Waals surface area contributed by atoms with Gasteiger partial charge in [0.1, 0.15) is 0 Å². The fourth-order valence-electron chi connectivity index (χ4n) is 3.92. The highest BCUT2D eigenvalue weighted by molar-refractivity contribution is 5.97. The molecule has 1 aliphatic heterocycles. The SMILES string of the molecule is Cc1cccc(C(=O)CN2CCC3(CCCC3)CC2)c1. The molecule has 1 aromatic carbocycles. The smallest absolute Gasteiger partial charge is 0.176 e. The Morgan fingerprint density at radius 1 is 1.15 bits per heavy atom. The first-order valence-corrected chi connectivity index (χ1v) is 7.99. The fraction of sp³-hybridized carbons (Fsp3) is 0.611. The predicted octanol–water partition coefficient (Wildman–Crippen LogP) is 3.83. The second-order valence-electron chi connectivity index (χ2n) is 6.78. The number of nitrogens with zero attached hydrogens (tertiary/aromatic N) is 1. The highest BCUT2D eigenvalue weighted by Gasteiger charge is 2.37. The predicted molar refractivity (Wildman–Crippen MR) is 82.1 cm³/mol. The van der Waals surface area contributed by atoms with Crippen LogP contribution >= 0.6 is 0 Å². The number of Topliss-reactive ketones (excluding diaryl/α,β-unsaturated/α-hetero) is 1. The minimum Gasteiger partial charge on any atom is -0.296 e. The van der Waals surface area contributed by atoms with Crippen molar-refractivity contribution in [3.63, 3.8) is 0 Å². The van der Waals surface area contributed by atoms with Gasteiger partial charge in [-0.15, -0.1) is 0 Å². The zero-order valence-corrected chi connectivity index (χ0v) is 12.5. The van der Waals surface area contributed by atoms with Crippen LogP contribution in [-0.4, -0.2) is 30.3 Å². The zero-order chi connectivity index (χ0) is 14.0. The summed E-state index contributed by atoms with van der Waals surface area (Å²) >= 11 is 0. The van der Waals surface area contributed by atoms with Crippen molar-refractivity contribution in [2.75, 3.05) is 19.6 Å². The largest absolute Gasteiger partial charge is 0.296 e. The number of likely N-dealkylation sites (tertiary alicyclic amines) is 1. The molecule has 2 aliphatic rings. The number of benzene rings is 1. The van der Waals surface area contributed by atoms with Crippen LogP contribution in [0.4, 0.5) is 0 Å². The molecule has 0 radical (unpaired) electrons. The van der Waals surface area contributed by atoms with Gasteiger partial charge in [0.15, 0.2) is 5.78 Å². The molecule has 1 saturated heterocycles. The topological polar surface area (TPSA) is 20.3 Å². The number of hydrogen-bond donors (Lipinski definition) is 0. The molecule has 1 heterocycles. The van der Waals surface area contributed by atoms with Crippen LogP contribution in [0.5, 0.6) is 0 Å². The van der Waals surface area contributed by atoms with Gasteiger partial charge in [-0.05, 0) is 57.2 Å². The van der Waals surface area contributed by atoms with E-state index in [1.54, 1.807) is 0 Å². The Bertz CT molecular complexity index is 478. The molecule has 0 amide bonds. The molecule has 0 unspecified atom stereocenters. The van der Waals surface area contributed by atoms with Gasteiger partial charge in [-0.2, -0.15) is 0 Å². The molecule has 1 spiro atoms. The second kappa shape index (κ2) is 5.69. The van der Waals surface area contributed by atoms with Crippen molar-refractivity contribution in [2.24, 2.45) is 5.41 Å². The lowest BCUT2D eigenvalue weighted by Gasteiger charge is -2.39. The first-order chi connectivity index (χ1) is 9.67. The molecule has 20 heavy (non-hydrogen) atoms. The van der Waals surface area contributed by atoms with Crippen LogP contribution < -0.4 is 0 Å². The third-order valence-corrected chi connectivity index (χ3v) is 5.29. The van der Waals surface area contributed by atoms with Gasteiger partial charge in [0.25, 0.3) is 0 Å². The first-order valence-electron chi connectivity index (χ1n) is 7.99. The standard InChI is InChI=1S/C18H25NO/c1-15-5-4-6-16(13-15)17(20)14-19-11-9-18(10-12-19)7-2-3-8-18/h4-6,13H,2-3,7-12,14H2,1H3. The van der Waals surface area contributed by atoms with Crippen LogP contribution in [-0.2, 0) is 0 Å². The molecule has 3 rings (SSSR count). The molecule has 1 aromatic rings. The van der Waals surface area contributed by atoms with Gasteiger partial charge < -0.3 is 0 Å². The molecule has 1 saturated carbocycles. The van der Waals surface area contributed by atoms with E-state index in [1.165, 1.54) is 44.1 Å². The molecule has 0 N–H and O–H groups in total. The summed E-state index contributed by atoms with van der Waals surface area (Å²) < 4.78 is 0. The van der Waals surface area contributed by atoms with E-state index in [0.29, 0.717) is 12.0 Å². The monoisotopic (exact) mass is 271 g/mol. The number of ketones is 1. The van der Waals surface area contributed by atoms with E-state index in [1.807, 2.05) is 31.2 Å². The summed E-state index contributed by atoms with van der Waals surface area (Å²) in [6.45, 7) is 4.86. The van der Waals surface area contributed by atoms with Crippen LogP contribution in [0.25, 0.3) is 0 Å². The zero-order valence-electron chi connectivity index (χ0n) is 12.5. The van der Waals surface area contributed by atoms with E-state index in [2.05, 4.69) is 4.90 Å². The van der Waals surface area contributed by atoms with Gasteiger partial charge in [0.2, 0.25) is 0 Å². The first kappa shape index (κ1) is 13.8. The van der Waals surface area contributed by atoms with Crippen molar-refractivity contribution in [3.8, 4) is 0 Å². The Morgan fingerprint density at radius 3 is 2.50 bits per heavy atom. The summed E-state index contributed by atoms with van der Waals surface area (Å²) in [5.74, 6) is 0.274. The van der Waals surface area contributed by atoms with Crippen molar-refractivity contribution in [2.45, 2.75) is 45.4 Å². The Hall–Kier alpha value is -1.15. The van der Waals surface area contributed by atoms with Gasteiger partial charge >= 0.3 is 0 Å². The highest BCUT2D eigenvalue weighted by atomic mass is 16.1. The molecular weight excluding hydrogens is 246 g/mol. The van der Waals surface area contributed by atoms with E-state index < -0.39 is 0 Å². The second-order valence-corrected chi connectivity index (χ2v) is 6.78. The van der Waals surface area contributed by atoms with Crippen molar-refractivity contribution >= 4 is 5.78 Å². The third kappa shape index (κ3) is 2.95. The van der Waals surface area contributed by atoms with E-state index in [0.717, 1.165) is 18.7 Å². The Kier molecular flexibility index (Phi) is 3.93. The maximum Gasteiger partial charge on any atom is 0.176 e. The van der Waals surface area contributed by atoms with E-state index in [-0.39, 0.29) is 5.78 Å². The van der Waals surface area contributed by atoms with Crippen molar-refractivity contribution < 1.29 is 4.79 Å². The number of piperidine rings is 1. The summed E-state index contributed by atoms with van der Waals surface area (Å²) in [5.41, 5.74) is 2.67. The molecule has 0 bridgehead atoms. The number of carbonyl (C=O) groups excluding carboxylic acids is 1. The van der Waals surface area contributed by atoms with Crippen LogP contribution in [0.1, 0.15) is 54.4 Å². The van der Waals surface area contributed by atoms with E-state index in [4.69, 9.17) is 0 Å². The quantitative estimate of drug-likeness (QED) is 0.779. The Labute approximate surface area is 122 Å². The maximum absolute atomic E-state index is 12.3. The maximum atomic E-state index is 12.3. The molecule has 108 valence electrons. The van der Waals surface area contributed by atoms with Gasteiger partial charge in [0.05, 0.1) is 6.54 Å². The van der Waals surface area contributed by atoms with E-state index in [9.17, 15) is 4.79 Å². The fourth-order valence-corrected chi connectivity index (χ4v) is 3.92. The van der Waals surface area contributed by atoms with Crippen LogP contribution in [0.3, 0.4) is 0 Å². The Balaban J connectivity index is 1.55. The van der Waals surface area contributed by atoms with Gasteiger partial charge in [0, 0.05) is 5.56 Å².